The van der Waals surface area contributed by atoms with Gasteiger partial charge in [0.2, 0.25) is 23.6 Å². The molecule has 6 N–H and O–H groups in total. The highest BCUT2D eigenvalue weighted by Crippen LogP contribution is 2.34. The van der Waals surface area contributed by atoms with E-state index in [2.05, 4.69) is 16.0 Å². The van der Waals surface area contributed by atoms with Crippen LogP contribution in [0.1, 0.15) is 176 Å². The summed E-state index contributed by atoms with van der Waals surface area (Å²) in [6.45, 7) is 18.8. The standard InChI is InChI=1S/C70H106N8O17/c1-15-44(8)64(56(92-13)39-60(85)77-35-21-25-52(77)66(93-14)46(10)53(79)36-45(9)65(87)48-22-17-16-18-23-48)75(11)68(89)51(41(2)3)38-55(81)63(43(6)7)76(12)70(91)94-40-47-28-30-50(31-29-47)73-67(88)49(24-20-34-72-69(71)90)37-54(80)62(42(4)5)74-57(82)26-19-27-61(86)95-78-58(83)32-33-59(78)84/h16-18,22-23,28-31,41-46,49,51-52,56,62-66,87H,15,19-21,24-27,32-40H2,1-14H3,(H,73,88)(H,74,82)(H3,71,72,90)/t44-,45-,46-,49-,51-,52-,56+,62+,63-,64-,65+,66+/m0/s1. The lowest BCUT2D eigenvalue weighted by atomic mass is 9.83. The molecule has 0 aliphatic carbocycles. The van der Waals surface area contributed by atoms with Crippen LogP contribution in [-0.2, 0) is 73.6 Å². The van der Waals surface area contributed by atoms with Crippen LogP contribution in [0.15, 0.2) is 54.6 Å². The number of hydrogen-bond donors (Lipinski definition) is 5. The van der Waals surface area contributed by atoms with Gasteiger partial charge in [0.25, 0.3) is 11.8 Å². The number of aliphatic hydroxyl groups is 1. The number of ketones is 3. The van der Waals surface area contributed by atoms with Crippen LogP contribution in [0, 0.1) is 47.3 Å². The van der Waals surface area contributed by atoms with E-state index in [-0.39, 0.29) is 125 Å². The van der Waals surface area contributed by atoms with E-state index in [0.717, 1.165) is 5.56 Å². The molecule has 2 aromatic carbocycles. The summed E-state index contributed by atoms with van der Waals surface area (Å²) in [5.41, 5.74) is 6.86. The number of nitrogens with two attached hydrogens (primary N) is 1. The van der Waals surface area contributed by atoms with Crippen molar-refractivity contribution in [2.24, 2.45) is 53.1 Å². The topological polar surface area (TPSA) is 337 Å². The van der Waals surface area contributed by atoms with E-state index in [0.29, 0.717) is 42.1 Å². The Balaban J connectivity index is 1.38. The molecule has 0 bridgehead atoms. The molecule has 2 heterocycles. The summed E-state index contributed by atoms with van der Waals surface area (Å²) in [6.07, 6.45) is -1.56. The van der Waals surface area contributed by atoms with Crippen molar-refractivity contribution >= 4 is 76.6 Å². The van der Waals surface area contributed by atoms with Gasteiger partial charge in [-0.2, -0.15) is 0 Å². The number of likely N-dealkylation sites (tertiary alicyclic amines) is 1. The van der Waals surface area contributed by atoms with Crippen LogP contribution in [0.25, 0.3) is 0 Å². The van der Waals surface area contributed by atoms with Crippen molar-refractivity contribution in [3.05, 3.63) is 65.7 Å². The second-order valence-electron chi connectivity index (χ2n) is 26.6. The fourth-order valence-electron chi connectivity index (χ4n) is 12.8. The Morgan fingerprint density at radius 3 is 1.94 bits per heavy atom. The van der Waals surface area contributed by atoms with Crippen molar-refractivity contribution in [1.29, 1.82) is 0 Å². The third kappa shape index (κ3) is 23.6. The average molecular weight is 1330 g/mol. The number of methoxy groups -OCH3 is 2. The zero-order valence-corrected chi connectivity index (χ0v) is 58.2. The fraction of sp³-hybridized carbons (Fsp3) is 0.657. The molecule has 2 fully saturated rings. The number of primary amides is 1. The van der Waals surface area contributed by atoms with Gasteiger partial charge in [0.05, 0.1) is 48.9 Å². The van der Waals surface area contributed by atoms with Crippen molar-refractivity contribution in [1.82, 2.24) is 30.4 Å². The van der Waals surface area contributed by atoms with E-state index < -0.39 is 120 Å². The van der Waals surface area contributed by atoms with Crippen LogP contribution >= 0.6 is 0 Å². The Kier molecular flexibility index (Phi) is 32.6. The number of Topliss-reactive ketones (excluding diaryl/α,β-unsaturated/α-hetero) is 3. The minimum Gasteiger partial charge on any atom is -0.445 e. The number of hydroxylamine groups is 2. The Hall–Kier alpha value is -7.64. The first kappa shape index (κ1) is 79.8. The maximum atomic E-state index is 14.9. The molecule has 0 radical (unpaired) electrons. The number of ether oxygens (including phenoxy) is 3. The van der Waals surface area contributed by atoms with E-state index in [9.17, 15) is 62.6 Å². The zero-order valence-electron chi connectivity index (χ0n) is 58.2. The maximum Gasteiger partial charge on any atom is 0.410 e. The summed E-state index contributed by atoms with van der Waals surface area (Å²) in [5, 5.41) is 19.5. The normalized spacial score (nSPS) is 17.6. The molecular weight excluding hydrogens is 1220 g/mol. The average Bonchev–Trinajstić information content (AvgIpc) is 1.80. The van der Waals surface area contributed by atoms with Crippen molar-refractivity contribution in [3.8, 4) is 0 Å². The molecule has 528 valence electrons. The fourth-order valence-corrected chi connectivity index (χ4v) is 12.8. The zero-order chi connectivity index (χ0) is 71.0. The number of hydrogen-bond acceptors (Lipinski definition) is 17. The molecule has 25 heteroatoms. The first-order valence-corrected chi connectivity index (χ1v) is 33.5. The number of likely N-dealkylation sites (N-methyl/N-ethyl adjacent to an activating group) is 2. The van der Waals surface area contributed by atoms with Crippen molar-refractivity contribution in [3.63, 3.8) is 0 Å². The van der Waals surface area contributed by atoms with Gasteiger partial charge >= 0.3 is 18.1 Å². The predicted molar refractivity (Wildman–Crippen MR) is 354 cm³/mol. The van der Waals surface area contributed by atoms with E-state index in [1.807, 2.05) is 71.9 Å². The van der Waals surface area contributed by atoms with Gasteiger partial charge in [-0.1, -0.05) is 118 Å². The lowest BCUT2D eigenvalue weighted by molar-refractivity contribution is -0.197. The molecule has 0 unspecified atom stereocenters. The number of urea groups is 1. The quantitative estimate of drug-likeness (QED) is 0.0316. The van der Waals surface area contributed by atoms with E-state index in [4.69, 9.17) is 24.8 Å². The van der Waals surface area contributed by atoms with Crippen LogP contribution in [0.2, 0.25) is 0 Å². The van der Waals surface area contributed by atoms with E-state index in [1.54, 1.807) is 75.9 Å². The number of anilines is 1. The first-order valence-electron chi connectivity index (χ1n) is 33.5. The van der Waals surface area contributed by atoms with Crippen molar-refractivity contribution < 1.29 is 81.7 Å². The summed E-state index contributed by atoms with van der Waals surface area (Å²) in [5.74, 6) is -8.47. The summed E-state index contributed by atoms with van der Waals surface area (Å²) in [4.78, 5) is 169. The third-order valence-electron chi connectivity index (χ3n) is 18.5. The minimum atomic E-state index is -1.00. The summed E-state index contributed by atoms with van der Waals surface area (Å²) < 4.78 is 17.8. The summed E-state index contributed by atoms with van der Waals surface area (Å²) in [6, 6.07) is 11.9. The third-order valence-corrected chi connectivity index (χ3v) is 18.5. The predicted octanol–water partition coefficient (Wildman–Crippen LogP) is 7.64. The lowest BCUT2D eigenvalue weighted by Crippen LogP contribution is -2.54. The van der Waals surface area contributed by atoms with Gasteiger partial charge in [-0.05, 0) is 85.0 Å². The van der Waals surface area contributed by atoms with Crippen molar-refractivity contribution in [2.45, 2.75) is 208 Å². The number of carbonyl (C=O) groups excluding carboxylic acids is 12. The first-order chi connectivity index (χ1) is 44.9. The van der Waals surface area contributed by atoms with Crippen LogP contribution in [0.4, 0.5) is 15.3 Å². The highest BCUT2D eigenvalue weighted by molar-refractivity contribution is 6.02. The number of rotatable bonds is 40. The van der Waals surface area contributed by atoms with Gasteiger partial charge in [0, 0.05) is 110 Å². The number of imide groups is 1. The Labute approximate surface area is 560 Å². The number of nitrogens with one attached hydrogen (secondary N) is 3. The van der Waals surface area contributed by atoms with Crippen LogP contribution < -0.4 is 21.7 Å². The number of nitrogens with zero attached hydrogens (tertiary/aromatic N) is 4. The van der Waals surface area contributed by atoms with Crippen LogP contribution in [0.3, 0.4) is 0 Å². The Bertz CT molecular complexity index is 2910. The number of aliphatic hydroxyl groups excluding tert-OH is 1. The smallest absolute Gasteiger partial charge is 0.410 e. The molecule has 9 amide bonds. The van der Waals surface area contributed by atoms with Crippen molar-refractivity contribution in [2.75, 3.05) is 46.7 Å². The molecule has 2 aliphatic heterocycles. The molecule has 2 saturated heterocycles. The van der Waals surface area contributed by atoms with Gasteiger partial charge in [-0.15, -0.1) is 5.06 Å². The van der Waals surface area contributed by atoms with E-state index >= 15 is 0 Å². The monoisotopic (exact) mass is 1330 g/mol. The number of carbonyl (C=O) groups is 12. The molecule has 2 aliphatic rings. The Morgan fingerprint density at radius 2 is 1.37 bits per heavy atom. The number of amides is 9. The summed E-state index contributed by atoms with van der Waals surface area (Å²) in [7, 11) is 6.20. The minimum absolute atomic E-state index is 0.00101. The summed E-state index contributed by atoms with van der Waals surface area (Å²) >= 11 is 0. The van der Waals surface area contributed by atoms with Gasteiger partial charge in [-0.25, -0.2) is 14.4 Å². The molecule has 0 spiro atoms. The van der Waals surface area contributed by atoms with Gasteiger partial charge in [0.1, 0.15) is 12.4 Å². The molecule has 25 nitrogen and oxygen atoms in total. The van der Waals surface area contributed by atoms with Crippen LogP contribution in [-0.4, -0.2) is 174 Å². The highest BCUT2D eigenvalue weighted by Gasteiger charge is 2.44. The molecule has 0 aromatic heterocycles. The van der Waals surface area contributed by atoms with E-state index in [1.165, 1.54) is 19.1 Å². The highest BCUT2D eigenvalue weighted by atomic mass is 16.7. The lowest BCUT2D eigenvalue weighted by Gasteiger charge is -2.41. The SMILES string of the molecule is CC[C@H](C)[C@@H]([C@@H](CC(=O)N1CCC[C@H]1[C@H](OC)[C@@H](C)C(=O)C[C@H](C)[C@@H](O)c1ccccc1)OC)N(C)C(=O)[C@@H](CC(=O)[C@H](C(C)C)N(C)C(=O)OCc1ccc(NC(=O)[C@@H](CCCNC(N)=O)CC(=O)[C@H](NC(=O)CCCC(=O)ON2C(=O)CCC2=O)C(C)C)cc1)C(C)C. The molecule has 95 heavy (non-hydrogen) atoms. The Morgan fingerprint density at radius 1 is 0.726 bits per heavy atom. The molecule has 12 atom stereocenters. The molecule has 4 rings (SSSR count). The second kappa shape index (κ2) is 38.8. The van der Waals surface area contributed by atoms with Crippen LogP contribution in [0.5, 0.6) is 0 Å². The molecular formula is C70H106N8O17. The van der Waals surface area contributed by atoms with Gasteiger partial charge in [0.15, 0.2) is 11.6 Å². The van der Waals surface area contributed by atoms with Gasteiger partial charge < -0.3 is 60.5 Å². The molecule has 0 saturated carbocycles. The second-order valence-corrected chi connectivity index (χ2v) is 26.6. The van der Waals surface area contributed by atoms with Gasteiger partial charge in [-0.3, -0.25) is 43.2 Å². The molecule has 2 aromatic rings. The largest absolute Gasteiger partial charge is 0.445 e. The maximum absolute atomic E-state index is 14.9. The number of benzene rings is 2.